The first-order chi connectivity index (χ1) is 9.75. The quantitative estimate of drug-likeness (QED) is 0.913. The number of anilines is 1. The Morgan fingerprint density at radius 1 is 1.38 bits per heavy atom. The molecule has 0 aliphatic carbocycles. The van der Waals surface area contributed by atoms with Gasteiger partial charge in [0, 0.05) is 27.7 Å². The molecule has 0 aliphatic rings. The van der Waals surface area contributed by atoms with Gasteiger partial charge < -0.3 is 11.1 Å². The standard InChI is InChI=1S/C15H20N4OS/c1-9-7-17-13(21-9)8-18-14(20)10-5-11(15(2,3)4)19-12(16)6-10/h5-7H,8H2,1-4H3,(H2,16,19)(H,18,20). The van der Waals surface area contributed by atoms with E-state index in [9.17, 15) is 4.79 Å². The zero-order valence-electron chi connectivity index (χ0n) is 12.7. The molecule has 0 unspecified atom stereocenters. The fraction of sp³-hybridized carbons (Fsp3) is 0.400. The second-order valence-electron chi connectivity index (χ2n) is 5.96. The number of thiazole rings is 1. The van der Waals surface area contributed by atoms with Crippen molar-refractivity contribution in [3.05, 3.63) is 39.5 Å². The molecule has 3 N–H and O–H groups in total. The minimum Gasteiger partial charge on any atom is -0.384 e. The Kier molecular flexibility index (Phi) is 4.27. The predicted octanol–water partition coefficient (Wildman–Crippen LogP) is 2.66. The molecular weight excluding hydrogens is 284 g/mol. The SMILES string of the molecule is Cc1cnc(CNC(=O)c2cc(N)nc(C(C)(C)C)c2)s1. The van der Waals surface area contributed by atoms with E-state index in [4.69, 9.17) is 5.73 Å². The Morgan fingerprint density at radius 3 is 2.67 bits per heavy atom. The van der Waals surface area contributed by atoms with Gasteiger partial charge in [-0.15, -0.1) is 11.3 Å². The van der Waals surface area contributed by atoms with E-state index in [0.717, 1.165) is 15.6 Å². The maximum atomic E-state index is 12.2. The number of hydrogen-bond acceptors (Lipinski definition) is 5. The van der Waals surface area contributed by atoms with Crippen molar-refractivity contribution < 1.29 is 4.79 Å². The highest BCUT2D eigenvalue weighted by molar-refractivity contribution is 7.11. The van der Waals surface area contributed by atoms with Crippen LogP contribution in [0.25, 0.3) is 0 Å². The van der Waals surface area contributed by atoms with Crippen LogP contribution in [-0.2, 0) is 12.0 Å². The van der Waals surface area contributed by atoms with Crippen molar-refractivity contribution in [2.45, 2.75) is 39.7 Å². The minimum absolute atomic E-state index is 0.156. The Labute approximate surface area is 128 Å². The van der Waals surface area contributed by atoms with E-state index in [-0.39, 0.29) is 11.3 Å². The lowest BCUT2D eigenvalue weighted by molar-refractivity contribution is 0.0950. The molecule has 0 radical (unpaired) electrons. The summed E-state index contributed by atoms with van der Waals surface area (Å²) in [6, 6.07) is 3.39. The van der Waals surface area contributed by atoms with Gasteiger partial charge in [0.05, 0.1) is 6.54 Å². The average molecular weight is 304 g/mol. The van der Waals surface area contributed by atoms with Crippen molar-refractivity contribution in [3.63, 3.8) is 0 Å². The monoisotopic (exact) mass is 304 g/mol. The second-order valence-corrected chi connectivity index (χ2v) is 7.28. The van der Waals surface area contributed by atoms with Gasteiger partial charge in [0.25, 0.3) is 5.91 Å². The molecule has 0 fully saturated rings. The Morgan fingerprint density at radius 2 is 2.10 bits per heavy atom. The molecule has 0 aromatic carbocycles. The predicted molar refractivity (Wildman–Crippen MR) is 85.4 cm³/mol. The fourth-order valence-electron chi connectivity index (χ4n) is 1.81. The third-order valence-corrected chi connectivity index (χ3v) is 3.86. The molecule has 5 nitrogen and oxygen atoms in total. The summed E-state index contributed by atoms with van der Waals surface area (Å²) in [5.74, 6) is 0.195. The number of pyridine rings is 1. The number of aryl methyl sites for hydroxylation is 1. The lowest BCUT2D eigenvalue weighted by atomic mass is 9.90. The van der Waals surface area contributed by atoms with Crippen LogP contribution < -0.4 is 11.1 Å². The van der Waals surface area contributed by atoms with E-state index >= 15 is 0 Å². The van der Waals surface area contributed by atoms with Crippen molar-refractivity contribution in [1.82, 2.24) is 15.3 Å². The topological polar surface area (TPSA) is 80.9 Å². The number of amides is 1. The maximum Gasteiger partial charge on any atom is 0.251 e. The van der Waals surface area contributed by atoms with Crippen LogP contribution in [-0.4, -0.2) is 15.9 Å². The van der Waals surface area contributed by atoms with E-state index in [1.165, 1.54) is 0 Å². The van der Waals surface area contributed by atoms with Crippen LogP contribution in [0.15, 0.2) is 18.3 Å². The van der Waals surface area contributed by atoms with Crippen molar-refractivity contribution >= 4 is 23.1 Å². The first-order valence-corrected chi connectivity index (χ1v) is 7.55. The van der Waals surface area contributed by atoms with Gasteiger partial charge in [0.1, 0.15) is 10.8 Å². The van der Waals surface area contributed by atoms with Crippen LogP contribution in [0.3, 0.4) is 0 Å². The highest BCUT2D eigenvalue weighted by atomic mass is 32.1. The molecule has 2 aromatic heterocycles. The minimum atomic E-state index is -0.164. The molecule has 1 amide bonds. The number of aromatic nitrogens is 2. The van der Waals surface area contributed by atoms with E-state index in [2.05, 4.69) is 15.3 Å². The first-order valence-electron chi connectivity index (χ1n) is 6.73. The zero-order valence-corrected chi connectivity index (χ0v) is 13.5. The lowest BCUT2D eigenvalue weighted by Gasteiger charge is -2.19. The van der Waals surface area contributed by atoms with Crippen molar-refractivity contribution in [2.75, 3.05) is 5.73 Å². The van der Waals surface area contributed by atoms with Crippen molar-refractivity contribution in [2.24, 2.45) is 0 Å². The van der Waals surface area contributed by atoms with Crippen molar-refractivity contribution in [3.8, 4) is 0 Å². The van der Waals surface area contributed by atoms with Gasteiger partial charge in [-0.1, -0.05) is 20.8 Å². The van der Waals surface area contributed by atoms with Crippen LogP contribution in [0.5, 0.6) is 0 Å². The molecule has 2 aromatic rings. The van der Waals surface area contributed by atoms with Gasteiger partial charge in [0.2, 0.25) is 0 Å². The molecule has 0 aliphatic heterocycles. The molecule has 2 rings (SSSR count). The van der Waals surface area contributed by atoms with Gasteiger partial charge in [-0.2, -0.15) is 0 Å². The molecule has 112 valence electrons. The first kappa shape index (κ1) is 15.4. The number of nitrogens with one attached hydrogen (secondary N) is 1. The summed E-state index contributed by atoms with van der Waals surface area (Å²) in [7, 11) is 0. The largest absolute Gasteiger partial charge is 0.384 e. The highest BCUT2D eigenvalue weighted by Gasteiger charge is 2.18. The molecule has 21 heavy (non-hydrogen) atoms. The average Bonchev–Trinajstić information content (AvgIpc) is 2.80. The Bertz CT molecular complexity index is 658. The van der Waals surface area contributed by atoms with Crippen LogP contribution in [0.1, 0.15) is 46.7 Å². The van der Waals surface area contributed by atoms with Crippen LogP contribution in [0, 0.1) is 6.92 Å². The van der Waals surface area contributed by atoms with Gasteiger partial charge in [0.15, 0.2) is 0 Å². The number of rotatable bonds is 3. The fourth-order valence-corrected chi connectivity index (χ4v) is 2.54. The molecular formula is C15H20N4OS. The highest BCUT2D eigenvalue weighted by Crippen LogP contribution is 2.22. The van der Waals surface area contributed by atoms with E-state index < -0.39 is 0 Å². The van der Waals surface area contributed by atoms with E-state index in [1.807, 2.05) is 27.7 Å². The third-order valence-electron chi connectivity index (χ3n) is 2.95. The zero-order chi connectivity index (χ0) is 15.6. The summed E-state index contributed by atoms with van der Waals surface area (Å²) in [6.45, 7) is 8.52. The summed E-state index contributed by atoms with van der Waals surface area (Å²) in [5, 5.41) is 3.75. The van der Waals surface area contributed by atoms with Gasteiger partial charge in [-0.3, -0.25) is 4.79 Å². The number of nitrogens with zero attached hydrogens (tertiary/aromatic N) is 2. The summed E-state index contributed by atoms with van der Waals surface area (Å²) in [4.78, 5) is 21.9. The van der Waals surface area contributed by atoms with Crippen molar-refractivity contribution in [1.29, 1.82) is 0 Å². The number of nitrogen functional groups attached to an aromatic ring is 1. The van der Waals surface area contributed by atoms with Gasteiger partial charge >= 0.3 is 0 Å². The number of carbonyl (C=O) groups is 1. The summed E-state index contributed by atoms with van der Waals surface area (Å²) >= 11 is 1.57. The Balaban J connectivity index is 2.13. The van der Waals surface area contributed by atoms with Crippen LogP contribution in [0.4, 0.5) is 5.82 Å². The van der Waals surface area contributed by atoms with Gasteiger partial charge in [-0.25, -0.2) is 9.97 Å². The van der Waals surface area contributed by atoms with Crippen LogP contribution >= 0.6 is 11.3 Å². The number of hydrogen-bond donors (Lipinski definition) is 2. The van der Waals surface area contributed by atoms with Gasteiger partial charge in [-0.05, 0) is 19.1 Å². The number of nitrogens with two attached hydrogens (primary N) is 1. The summed E-state index contributed by atoms with van der Waals surface area (Å²) in [5.41, 5.74) is 6.98. The molecule has 0 saturated heterocycles. The lowest BCUT2D eigenvalue weighted by Crippen LogP contribution is -2.24. The normalized spacial score (nSPS) is 11.4. The van der Waals surface area contributed by atoms with E-state index in [1.54, 1.807) is 29.7 Å². The molecule has 0 saturated carbocycles. The number of carbonyl (C=O) groups excluding carboxylic acids is 1. The van der Waals surface area contributed by atoms with E-state index in [0.29, 0.717) is 17.9 Å². The molecule has 6 heteroatoms. The van der Waals surface area contributed by atoms with Crippen LogP contribution in [0.2, 0.25) is 0 Å². The second kappa shape index (κ2) is 5.81. The Hall–Kier alpha value is -1.95. The molecule has 0 atom stereocenters. The molecule has 0 bridgehead atoms. The third kappa shape index (κ3) is 4.01. The maximum absolute atomic E-state index is 12.2. The summed E-state index contributed by atoms with van der Waals surface area (Å²) in [6.07, 6.45) is 1.80. The molecule has 0 spiro atoms. The smallest absolute Gasteiger partial charge is 0.251 e. The summed E-state index contributed by atoms with van der Waals surface area (Å²) < 4.78 is 0. The molecule has 2 heterocycles.